The minimum Gasteiger partial charge on any atom is -0.395 e. The van der Waals surface area contributed by atoms with Gasteiger partial charge in [0.25, 0.3) is 0 Å². The number of aliphatic hydroxyl groups excluding tert-OH is 1. The molecule has 0 saturated heterocycles. The van der Waals surface area contributed by atoms with Gasteiger partial charge in [0.2, 0.25) is 0 Å². The molecule has 0 aliphatic carbocycles. The maximum atomic E-state index is 8.91. The van der Waals surface area contributed by atoms with Crippen molar-refractivity contribution in [3.63, 3.8) is 0 Å². The van der Waals surface area contributed by atoms with E-state index in [0.717, 1.165) is 38.9 Å². The Hall–Kier alpha value is -0.610. The zero-order valence-corrected chi connectivity index (χ0v) is 10.9. The molecule has 96 valence electrons. The SMILES string of the molecule is CCCN(CCO)CCCC(C)(C)C(=N)N. The van der Waals surface area contributed by atoms with Gasteiger partial charge in [-0.05, 0) is 32.4 Å². The van der Waals surface area contributed by atoms with E-state index in [9.17, 15) is 0 Å². The second-order valence-electron chi connectivity index (χ2n) is 4.97. The Balaban J connectivity index is 3.88. The van der Waals surface area contributed by atoms with E-state index in [2.05, 4.69) is 11.8 Å². The molecule has 0 bridgehead atoms. The monoisotopic (exact) mass is 229 g/mol. The summed E-state index contributed by atoms with van der Waals surface area (Å²) in [5, 5.41) is 16.4. The number of nitrogens with two attached hydrogens (primary N) is 1. The molecule has 4 heteroatoms. The van der Waals surface area contributed by atoms with Crippen LogP contribution in [0.2, 0.25) is 0 Å². The van der Waals surface area contributed by atoms with Gasteiger partial charge in [0.05, 0.1) is 12.4 Å². The first-order valence-corrected chi connectivity index (χ1v) is 6.11. The van der Waals surface area contributed by atoms with Crippen LogP contribution in [-0.2, 0) is 0 Å². The summed E-state index contributed by atoms with van der Waals surface area (Å²) in [6.45, 7) is 9.12. The predicted octanol–water partition coefficient (Wildman–Crippen LogP) is 1.43. The lowest BCUT2D eigenvalue weighted by molar-refractivity contribution is 0.190. The molecule has 0 heterocycles. The minimum absolute atomic E-state index is 0.197. The average Bonchev–Trinajstić information content (AvgIpc) is 2.17. The molecule has 0 radical (unpaired) electrons. The van der Waals surface area contributed by atoms with E-state index in [1.165, 1.54) is 0 Å². The standard InChI is InChI=1S/C12H27N3O/c1-4-7-15(9-10-16)8-5-6-12(2,3)11(13)14/h16H,4-10H2,1-3H3,(H3,13,14). The Morgan fingerprint density at radius 2 is 1.94 bits per heavy atom. The van der Waals surface area contributed by atoms with Gasteiger partial charge in [0, 0.05) is 12.0 Å². The molecule has 0 unspecified atom stereocenters. The van der Waals surface area contributed by atoms with E-state index in [0.29, 0.717) is 0 Å². The van der Waals surface area contributed by atoms with E-state index in [1.54, 1.807) is 0 Å². The van der Waals surface area contributed by atoms with Crippen molar-refractivity contribution in [2.75, 3.05) is 26.2 Å². The van der Waals surface area contributed by atoms with Crippen molar-refractivity contribution >= 4 is 5.84 Å². The zero-order valence-electron chi connectivity index (χ0n) is 10.9. The molecule has 16 heavy (non-hydrogen) atoms. The maximum absolute atomic E-state index is 8.91. The van der Waals surface area contributed by atoms with Crippen LogP contribution in [0.1, 0.15) is 40.0 Å². The fraction of sp³-hybridized carbons (Fsp3) is 0.917. The quantitative estimate of drug-likeness (QED) is 0.414. The van der Waals surface area contributed by atoms with Gasteiger partial charge in [-0.3, -0.25) is 5.41 Å². The molecule has 0 spiro atoms. The van der Waals surface area contributed by atoms with Gasteiger partial charge in [0.1, 0.15) is 0 Å². The topological polar surface area (TPSA) is 73.3 Å². The third kappa shape index (κ3) is 6.08. The Morgan fingerprint density at radius 1 is 1.31 bits per heavy atom. The van der Waals surface area contributed by atoms with Crippen LogP contribution >= 0.6 is 0 Å². The van der Waals surface area contributed by atoms with E-state index in [4.69, 9.17) is 16.2 Å². The third-order valence-corrected chi connectivity index (χ3v) is 2.96. The lowest BCUT2D eigenvalue weighted by Crippen LogP contribution is -2.33. The third-order valence-electron chi connectivity index (χ3n) is 2.96. The second-order valence-corrected chi connectivity index (χ2v) is 4.97. The van der Waals surface area contributed by atoms with Crippen LogP contribution < -0.4 is 5.73 Å². The summed E-state index contributed by atoms with van der Waals surface area (Å²) in [6.07, 6.45) is 3.05. The van der Waals surface area contributed by atoms with E-state index >= 15 is 0 Å². The first-order chi connectivity index (χ1) is 7.44. The first kappa shape index (κ1) is 15.4. The highest BCUT2D eigenvalue weighted by molar-refractivity contribution is 5.82. The van der Waals surface area contributed by atoms with Crippen LogP contribution in [0.25, 0.3) is 0 Å². The van der Waals surface area contributed by atoms with Gasteiger partial charge in [-0.1, -0.05) is 20.8 Å². The summed E-state index contributed by atoms with van der Waals surface area (Å²) in [7, 11) is 0. The van der Waals surface area contributed by atoms with Crippen LogP contribution in [0.3, 0.4) is 0 Å². The van der Waals surface area contributed by atoms with E-state index in [1.807, 2.05) is 13.8 Å². The average molecular weight is 229 g/mol. The first-order valence-electron chi connectivity index (χ1n) is 6.11. The van der Waals surface area contributed by atoms with Crippen molar-refractivity contribution < 1.29 is 5.11 Å². The molecule has 4 N–H and O–H groups in total. The number of hydrogen-bond acceptors (Lipinski definition) is 3. The van der Waals surface area contributed by atoms with Crippen LogP contribution in [0, 0.1) is 10.8 Å². The molecule has 0 aliphatic rings. The zero-order chi connectivity index (χ0) is 12.6. The molecule has 0 amide bonds. The molecule has 0 aromatic rings. The number of aliphatic hydroxyl groups is 1. The van der Waals surface area contributed by atoms with Crippen molar-refractivity contribution in [3.05, 3.63) is 0 Å². The molecule has 0 fully saturated rings. The lowest BCUT2D eigenvalue weighted by atomic mass is 9.86. The van der Waals surface area contributed by atoms with Gasteiger partial charge in [-0.15, -0.1) is 0 Å². The number of nitrogens with one attached hydrogen (secondary N) is 1. The number of hydrogen-bond donors (Lipinski definition) is 3. The van der Waals surface area contributed by atoms with Gasteiger partial charge in [-0.25, -0.2) is 0 Å². The fourth-order valence-corrected chi connectivity index (χ4v) is 1.67. The Bertz CT molecular complexity index is 198. The summed E-state index contributed by atoms with van der Waals surface area (Å²) >= 11 is 0. The molecule has 0 aromatic heterocycles. The second kappa shape index (κ2) is 7.63. The fourth-order valence-electron chi connectivity index (χ4n) is 1.67. The Labute approximate surface area is 99.3 Å². The van der Waals surface area contributed by atoms with Gasteiger partial charge < -0.3 is 15.7 Å². The lowest BCUT2D eigenvalue weighted by Gasteiger charge is -2.25. The maximum Gasteiger partial charge on any atom is 0.0963 e. The largest absolute Gasteiger partial charge is 0.395 e. The van der Waals surface area contributed by atoms with Crippen LogP contribution in [0.4, 0.5) is 0 Å². The van der Waals surface area contributed by atoms with Crippen LogP contribution in [0.15, 0.2) is 0 Å². The van der Waals surface area contributed by atoms with Gasteiger partial charge >= 0.3 is 0 Å². The number of amidine groups is 1. The van der Waals surface area contributed by atoms with Crippen molar-refractivity contribution in [1.29, 1.82) is 5.41 Å². The summed E-state index contributed by atoms with van der Waals surface area (Å²) in [5.41, 5.74) is 5.34. The Morgan fingerprint density at radius 3 is 2.38 bits per heavy atom. The van der Waals surface area contributed by atoms with Crippen molar-refractivity contribution in [1.82, 2.24) is 4.90 Å². The normalized spacial score (nSPS) is 12.1. The molecule has 0 aliphatic heterocycles. The summed E-state index contributed by atoms with van der Waals surface area (Å²) in [5.74, 6) is 0.261. The highest BCUT2D eigenvalue weighted by Crippen LogP contribution is 2.21. The molecular weight excluding hydrogens is 202 g/mol. The summed E-state index contributed by atoms with van der Waals surface area (Å²) in [4.78, 5) is 2.26. The van der Waals surface area contributed by atoms with E-state index < -0.39 is 0 Å². The Kier molecular flexibility index (Phi) is 7.34. The highest BCUT2D eigenvalue weighted by atomic mass is 16.3. The molecular formula is C12H27N3O. The van der Waals surface area contributed by atoms with Crippen LogP contribution in [0.5, 0.6) is 0 Å². The molecule has 0 atom stereocenters. The van der Waals surface area contributed by atoms with Gasteiger partial charge in [-0.2, -0.15) is 0 Å². The van der Waals surface area contributed by atoms with Crippen molar-refractivity contribution in [3.8, 4) is 0 Å². The molecule has 0 aromatic carbocycles. The summed E-state index contributed by atoms with van der Waals surface area (Å²) < 4.78 is 0. The molecule has 0 rings (SSSR count). The minimum atomic E-state index is -0.197. The van der Waals surface area contributed by atoms with Crippen LogP contribution in [-0.4, -0.2) is 42.1 Å². The van der Waals surface area contributed by atoms with E-state index in [-0.39, 0.29) is 17.9 Å². The number of rotatable bonds is 9. The predicted molar refractivity (Wildman–Crippen MR) is 68.7 cm³/mol. The van der Waals surface area contributed by atoms with Crippen molar-refractivity contribution in [2.24, 2.45) is 11.1 Å². The molecule has 0 saturated carbocycles. The smallest absolute Gasteiger partial charge is 0.0963 e. The molecule has 4 nitrogen and oxygen atoms in total. The highest BCUT2D eigenvalue weighted by Gasteiger charge is 2.21. The summed E-state index contributed by atoms with van der Waals surface area (Å²) in [6, 6.07) is 0. The number of nitrogens with zero attached hydrogens (tertiary/aromatic N) is 1. The van der Waals surface area contributed by atoms with Gasteiger partial charge in [0.15, 0.2) is 0 Å². The van der Waals surface area contributed by atoms with Crippen molar-refractivity contribution in [2.45, 2.75) is 40.0 Å².